The minimum atomic E-state index is -0.0713. The molecule has 0 aliphatic heterocycles. The van der Waals surface area contributed by atoms with E-state index in [2.05, 4.69) is 29.7 Å². The molecule has 4 nitrogen and oxygen atoms in total. The van der Waals surface area contributed by atoms with Gasteiger partial charge in [-0.05, 0) is 74.2 Å². The van der Waals surface area contributed by atoms with Crippen molar-refractivity contribution in [2.24, 2.45) is 0 Å². The first-order valence-electron chi connectivity index (χ1n) is 8.94. The Morgan fingerprint density at radius 1 is 1.04 bits per heavy atom. The molecule has 25 heavy (non-hydrogen) atoms. The number of ether oxygens (including phenoxy) is 1. The molecule has 0 atom stereocenters. The second-order valence-corrected chi connectivity index (χ2v) is 6.87. The van der Waals surface area contributed by atoms with Gasteiger partial charge in [-0.15, -0.1) is 0 Å². The molecule has 132 valence electrons. The molecule has 1 aliphatic carbocycles. The molecule has 0 bridgehead atoms. The van der Waals surface area contributed by atoms with Crippen molar-refractivity contribution in [2.75, 3.05) is 10.6 Å². The number of hydrogen-bond acceptors (Lipinski definition) is 3. The van der Waals surface area contributed by atoms with Gasteiger partial charge >= 0.3 is 0 Å². The van der Waals surface area contributed by atoms with Gasteiger partial charge in [0.25, 0.3) is 0 Å². The summed E-state index contributed by atoms with van der Waals surface area (Å²) < 4.78 is 6.03. The molecule has 1 fully saturated rings. The number of carbonyl (C=O) groups is 1. The topological polar surface area (TPSA) is 50.4 Å². The number of carbonyl (C=O) groups excluding carboxylic acids is 1. The van der Waals surface area contributed by atoms with E-state index < -0.39 is 0 Å². The van der Waals surface area contributed by atoms with Crippen molar-refractivity contribution in [3.8, 4) is 11.5 Å². The molecule has 0 heterocycles. The lowest BCUT2D eigenvalue weighted by molar-refractivity contribution is -0.114. The van der Waals surface area contributed by atoms with Crippen molar-refractivity contribution < 1.29 is 9.53 Å². The SMILES string of the molecule is CC(=O)Nc1ccc(Oc2ccc(NC3CCCC3)cc2C)cc1C. The van der Waals surface area contributed by atoms with Crippen molar-refractivity contribution in [1.82, 2.24) is 0 Å². The highest BCUT2D eigenvalue weighted by atomic mass is 16.5. The quantitative estimate of drug-likeness (QED) is 0.766. The second-order valence-electron chi connectivity index (χ2n) is 6.87. The van der Waals surface area contributed by atoms with Crippen molar-refractivity contribution in [3.05, 3.63) is 47.5 Å². The molecule has 1 aliphatic rings. The fourth-order valence-corrected chi connectivity index (χ4v) is 3.32. The van der Waals surface area contributed by atoms with Gasteiger partial charge in [-0.2, -0.15) is 0 Å². The number of rotatable bonds is 5. The summed E-state index contributed by atoms with van der Waals surface area (Å²) in [5, 5.41) is 6.43. The van der Waals surface area contributed by atoms with Gasteiger partial charge in [0.2, 0.25) is 5.91 Å². The van der Waals surface area contributed by atoms with Gasteiger partial charge in [-0.25, -0.2) is 0 Å². The third-order valence-corrected chi connectivity index (χ3v) is 4.64. The van der Waals surface area contributed by atoms with E-state index in [-0.39, 0.29) is 5.91 Å². The molecule has 0 aromatic heterocycles. The number of nitrogens with one attached hydrogen (secondary N) is 2. The third-order valence-electron chi connectivity index (χ3n) is 4.64. The van der Waals surface area contributed by atoms with Gasteiger partial charge in [0, 0.05) is 24.3 Å². The Morgan fingerprint density at radius 3 is 2.44 bits per heavy atom. The van der Waals surface area contributed by atoms with E-state index in [9.17, 15) is 4.79 Å². The molecule has 4 heteroatoms. The van der Waals surface area contributed by atoms with Crippen LogP contribution in [0.15, 0.2) is 36.4 Å². The third kappa shape index (κ3) is 4.53. The number of amides is 1. The molecule has 3 rings (SSSR count). The van der Waals surface area contributed by atoms with E-state index in [1.54, 1.807) is 0 Å². The zero-order valence-corrected chi connectivity index (χ0v) is 15.2. The van der Waals surface area contributed by atoms with Gasteiger partial charge in [-0.1, -0.05) is 12.8 Å². The van der Waals surface area contributed by atoms with Crippen LogP contribution in [0.1, 0.15) is 43.7 Å². The molecule has 1 amide bonds. The van der Waals surface area contributed by atoms with E-state index in [0.717, 1.165) is 34.0 Å². The Bertz CT molecular complexity index is 764. The van der Waals surface area contributed by atoms with Crippen molar-refractivity contribution in [2.45, 2.75) is 52.5 Å². The standard InChI is InChI=1S/C21H26N2O2/c1-14-13-19(9-10-20(14)22-16(3)24)25-21-11-8-18(12-15(21)2)23-17-6-4-5-7-17/h8-13,17,23H,4-7H2,1-3H3,(H,22,24). The van der Waals surface area contributed by atoms with Crippen LogP contribution in [-0.2, 0) is 4.79 Å². The van der Waals surface area contributed by atoms with Crippen LogP contribution in [0.25, 0.3) is 0 Å². The summed E-state index contributed by atoms with van der Waals surface area (Å²) in [5.74, 6) is 1.55. The highest BCUT2D eigenvalue weighted by Gasteiger charge is 2.15. The smallest absolute Gasteiger partial charge is 0.221 e. The number of aryl methyl sites for hydroxylation is 2. The summed E-state index contributed by atoms with van der Waals surface area (Å²) in [6.45, 7) is 5.53. The maximum atomic E-state index is 11.2. The minimum absolute atomic E-state index is 0.0713. The minimum Gasteiger partial charge on any atom is -0.457 e. The monoisotopic (exact) mass is 338 g/mol. The normalized spacial score (nSPS) is 14.4. The van der Waals surface area contributed by atoms with Crippen LogP contribution in [0.3, 0.4) is 0 Å². The first-order chi connectivity index (χ1) is 12.0. The molecule has 2 aromatic carbocycles. The summed E-state index contributed by atoms with van der Waals surface area (Å²) in [5.41, 5.74) is 4.05. The van der Waals surface area contributed by atoms with Crippen molar-refractivity contribution >= 4 is 17.3 Å². The van der Waals surface area contributed by atoms with Gasteiger partial charge in [0.15, 0.2) is 0 Å². The molecule has 1 saturated carbocycles. The highest BCUT2D eigenvalue weighted by Crippen LogP contribution is 2.31. The van der Waals surface area contributed by atoms with E-state index in [1.165, 1.54) is 32.6 Å². The fourth-order valence-electron chi connectivity index (χ4n) is 3.32. The van der Waals surface area contributed by atoms with Gasteiger partial charge in [-0.3, -0.25) is 4.79 Å². The Hall–Kier alpha value is -2.49. The Kier molecular flexibility index (Phi) is 5.27. The molecule has 2 N–H and O–H groups in total. The lowest BCUT2D eigenvalue weighted by atomic mass is 10.1. The maximum absolute atomic E-state index is 11.2. The Morgan fingerprint density at radius 2 is 1.80 bits per heavy atom. The lowest BCUT2D eigenvalue weighted by Gasteiger charge is -2.16. The van der Waals surface area contributed by atoms with E-state index in [0.29, 0.717) is 6.04 Å². The fraction of sp³-hybridized carbons (Fsp3) is 0.381. The molecule has 0 spiro atoms. The zero-order valence-electron chi connectivity index (χ0n) is 15.2. The van der Waals surface area contributed by atoms with Crippen LogP contribution >= 0.6 is 0 Å². The summed E-state index contributed by atoms with van der Waals surface area (Å²) in [6, 6.07) is 12.5. The predicted molar refractivity (Wildman–Crippen MR) is 103 cm³/mol. The Labute approximate surface area is 149 Å². The van der Waals surface area contributed by atoms with Gasteiger partial charge in [0.1, 0.15) is 11.5 Å². The summed E-state index contributed by atoms with van der Waals surface area (Å²) >= 11 is 0. The summed E-state index contributed by atoms with van der Waals surface area (Å²) in [4.78, 5) is 11.2. The maximum Gasteiger partial charge on any atom is 0.221 e. The van der Waals surface area contributed by atoms with E-state index >= 15 is 0 Å². The lowest BCUT2D eigenvalue weighted by Crippen LogP contribution is -2.14. The first-order valence-corrected chi connectivity index (χ1v) is 8.94. The summed E-state index contributed by atoms with van der Waals surface area (Å²) in [7, 11) is 0. The first kappa shape index (κ1) is 17.3. The second kappa shape index (κ2) is 7.60. The van der Waals surface area contributed by atoms with Crippen LogP contribution < -0.4 is 15.4 Å². The Balaban J connectivity index is 1.69. The average molecular weight is 338 g/mol. The van der Waals surface area contributed by atoms with Crippen LogP contribution in [0.5, 0.6) is 11.5 Å². The van der Waals surface area contributed by atoms with E-state index in [4.69, 9.17) is 4.74 Å². The van der Waals surface area contributed by atoms with Crippen molar-refractivity contribution in [3.63, 3.8) is 0 Å². The summed E-state index contributed by atoms with van der Waals surface area (Å²) in [6.07, 6.45) is 5.17. The molecule has 0 saturated heterocycles. The number of anilines is 2. The predicted octanol–water partition coefficient (Wildman–Crippen LogP) is 5.41. The largest absolute Gasteiger partial charge is 0.457 e. The molecule has 2 aromatic rings. The van der Waals surface area contributed by atoms with Gasteiger partial charge < -0.3 is 15.4 Å². The van der Waals surface area contributed by atoms with Crippen LogP contribution in [0, 0.1) is 13.8 Å². The van der Waals surface area contributed by atoms with Gasteiger partial charge in [0.05, 0.1) is 0 Å². The molecule has 0 unspecified atom stereocenters. The average Bonchev–Trinajstić information content (AvgIpc) is 3.05. The van der Waals surface area contributed by atoms with Crippen LogP contribution in [0.4, 0.5) is 11.4 Å². The van der Waals surface area contributed by atoms with Crippen molar-refractivity contribution in [1.29, 1.82) is 0 Å². The number of hydrogen-bond donors (Lipinski definition) is 2. The molecular weight excluding hydrogens is 312 g/mol. The van der Waals surface area contributed by atoms with Crippen LogP contribution in [-0.4, -0.2) is 11.9 Å². The van der Waals surface area contributed by atoms with E-state index in [1.807, 2.05) is 31.2 Å². The van der Waals surface area contributed by atoms with Crippen LogP contribution in [0.2, 0.25) is 0 Å². The molecular formula is C21H26N2O2. The highest BCUT2D eigenvalue weighted by molar-refractivity contribution is 5.89. The molecule has 0 radical (unpaired) electrons. The zero-order chi connectivity index (χ0) is 17.8. The number of benzene rings is 2.